The number of nitrogens with zero attached hydrogens (tertiary/aromatic N) is 5. The van der Waals surface area contributed by atoms with Crippen molar-refractivity contribution in [2.75, 3.05) is 5.73 Å². The summed E-state index contributed by atoms with van der Waals surface area (Å²) < 4.78 is 1.50. The van der Waals surface area contributed by atoms with Crippen LogP contribution in [0.5, 0.6) is 0 Å². The molecule has 2 aromatic heterocycles. The zero-order chi connectivity index (χ0) is 8.39. The van der Waals surface area contributed by atoms with E-state index in [0.717, 1.165) is 0 Å². The lowest BCUT2D eigenvalue weighted by atomic mass is 10.7. The van der Waals surface area contributed by atoms with Crippen LogP contribution in [0.2, 0.25) is 0 Å². The monoisotopic (exact) mass is 162 g/mol. The summed E-state index contributed by atoms with van der Waals surface area (Å²) in [5, 5.41) is 7.21. The van der Waals surface area contributed by atoms with E-state index in [1.54, 1.807) is 18.5 Å². The average Bonchev–Trinajstić information content (AvgIpc) is 2.53. The summed E-state index contributed by atoms with van der Waals surface area (Å²) in [6.45, 7) is 0. The molecule has 0 spiro atoms. The van der Waals surface area contributed by atoms with Crippen molar-refractivity contribution in [2.45, 2.75) is 0 Å². The molecular weight excluding hydrogens is 156 g/mol. The highest BCUT2D eigenvalue weighted by atomic mass is 15.3. The minimum Gasteiger partial charge on any atom is -0.368 e. The van der Waals surface area contributed by atoms with E-state index in [-0.39, 0.29) is 5.95 Å². The van der Waals surface area contributed by atoms with E-state index in [9.17, 15) is 0 Å². The highest BCUT2D eigenvalue weighted by Gasteiger charge is 2.02. The van der Waals surface area contributed by atoms with Crippen molar-refractivity contribution < 1.29 is 0 Å². The molecule has 0 bridgehead atoms. The summed E-state index contributed by atoms with van der Waals surface area (Å²) >= 11 is 0. The SMILES string of the molecule is Nc1nncn1-c1ncccn1. The molecule has 6 heteroatoms. The number of hydrogen-bond donors (Lipinski definition) is 1. The zero-order valence-electron chi connectivity index (χ0n) is 6.12. The maximum atomic E-state index is 5.48. The zero-order valence-corrected chi connectivity index (χ0v) is 6.12. The first-order valence-electron chi connectivity index (χ1n) is 3.31. The van der Waals surface area contributed by atoms with Crippen LogP contribution in [-0.4, -0.2) is 24.7 Å². The summed E-state index contributed by atoms with van der Waals surface area (Å²) in [6.07, 6.45) is 4.72. The van der Waals surface area contributed by atoms with Crippen molar-refractivity contribution in [1.29, 1.82) is 0 Å². The van der Waals surface area contributed by atoms with Crippen molar-refractivity contribution >= 4 is 5.95 Å². The Labute approximate surface area is 68.1 Å². The van der Waals surface area contributed by atoms with Gasteiger partial charge in [-0.25, -0.2) is 14.5 Å². The molecule has 0 amide bonds. The summed E-state index contributed by atoms with van der Waals surface area (Å²) in [5.74, 6) is 0.751. The molecule has 0 aliphatic heterocycles. The van der Waals surface area contributed by atoms with Crippen molar-refractivity contribution in [3.05, 3.63) is 24.8 Å². The number of rotatable bonds is 1. The smallest absolute Gasteiger partial charge is 0.237 e. The predicted octanol–water partition coefficient (Wildman–Crippen LogP) is -0.361. The Bertz CT molecular complexity index is 367. The molecule has 0 radical (unpaired) electrons. The molecule has 2 N–H and O–H groups in total. The van der Waals surface area contributed by atoms with Crippen LogP contribution in [0.3, 0.4) is 0 Å². The molecule has 0 aromatic carbocycles. The normalized spacial score (nSPS) is 10.0. The molecule has 2 heterocycles. The van der Waals surface area contributed by atoms with E-state index >= 15 is 0 Å². The van der Waals surface area contributed by atoms with E-state index in [2.05, 4.69) is 20.2 Å². The Kier molecular flexibility index (Phi) is 1.44. The maximum absolute atomic E-state index is 5.48. The first-order chi connectivity index (χ1) is 5.88. The lowest BCUT2D eigenvalue weighted by Crippen LogP contribution is -2.03. The van der Waals surface area contributed by atoms with Gasteiger partial charge in [0.2, 0.25) is 11.9 Å². The minimum absolute atomic E-state index is 0.279. The number of nitrogens with two attached hydrogens (primary N) is 1. The largest absolute Gasteiger partial charge is 0.368 e. The molecule has 0 saturated heterocycles. The Morgan fingerprint density at radius 2 is 2.00 bits per heavy atom. The van der Waals surface area contributed by atoms with E-state index in [0.29, 0.717) is 5.95 Å². The molecule has 0 aliphatic carbocycles. The van der Waals surface area contributed by atoms with Crippen LogP contribution in [0.15, 0.2) is 24.8 Å². The molecule has 2 aromatic rings. The highest BCUT2D eigenvalue weighted by molar-refractivity contribution is 5.25. The van der Waals surface area contributed by atoms with E-state index in [1.807, 2.05) is 0 Å². The predicted molar refractivity (Wildman–Crippen MR) is 41.4 cm³/mol. The molecule has 12 heavy (non-hydrogen) atoms. The maximum Gasteiger partial charge on any atom is 0.237 e. The molecule has 60 valence electrons. The van der Waals surface area contributed by atoms with Gasteiger partial charge < -0.3 is 5.73 Å². The van der Waals surface area contributed by atoms with E-state index in [1.165, 1.54) is 10.9 Å². The number of aromatic nitrogens is 5. The third-order valence-electron chi connectivity index (χ3n) is 1.34. The van der Waals surface area contributed by atoms with Crippen molar-refractivity contribution in [3.63, 3.8) is 0 Å². The Morgan fingerprint density at radius 3 is 2.58 bits per heavy atom. The van der Waals surface area contributed by atoms with Crippen LogP contribution in [0.25, 0.3) is 5.95 Å². The standard InChI is InChI=1S/C6H6N6/c7-5-11-10-4-12(5)6-8-2-1-3-9-6/h1-4H,(H2,7,11). The second kappa shape index (κ2) is 2.57. The van der Waals surface area contributed by atoms with Gasteiger partial charge in [-0.3, -0.25) is 0 Å². The van der Waals surface area contributed by atoms with Crippen LogP contribution < -0.4 is 5.73 Å². The average molecular weight is 162 g/mol. The van der Waals surface area contributed by atoms with Gasteiger partial charge in [0.05, 0.1) is 0 Å². The van der Waals surface area contributed by atoms with Gasteiger partial charge in [-0.15, -0.1) is 10.2 Å². The second-order valence-electron chi connectivity index (χ2n) is 2.11. The van der Waals surface area contributed by atoms with Crippen molar-refractivity contribution in [3.8, 4) is 5.95 Å². The third kappa shape index (κ3) is 0.986. The van der Waals surface area contributed by atoms with Gasteiger partial charge in [-0.1, -0.05) is 0 Å². The molecule has 0 aliphatic rings. The lowest BCUT2D eigenvalue weighted by molar-refractivity contribution is 0.933. The van der Waals surface area contributed by atoms with Gasteiger partial charge in [-0.05, 0) is 6.07 Å². The van der Waals surface area contributed by atoms with Crippen molar-refractivity contribution in [2.24, 2.45) is 0 Å². The Hall–Kier alpha value is -1.98. The second-order valence-corrected chi connectivity index (χ2v) is 2.11. The molecular formula is C6H6N6. The number of hydrogen-bond acceptors (Lipinski definition) is 5. The molecule has 0 fully saturated rings. The molecule has 6 nitrogen and oxygen atoms in total. The molecule has 0 saturated carbocycles. The first kappa shape index (κ1) is 6.71. The summed E-state index contributed by atoms with van der Waals surface area (Å²) in [4.78, 5) is 7.95. The minimum atomic E-state index is 0.279. The van der Waals surface area contributed by atoms with E-state index in [4.69, 9.17) is 5.73 Å². The van der Waals surface area contributed by atoms with Crippen LogP contribution in [0.1, 0.15) is 0 Å². The fourth-order valence-corrected chi connectivity index (χ4v) is 0.814. The Balaban J connectivity index is 2.51. The van der Waals surface area contributed by atoms with Gasteiger partial charge in [0, 0.05) is 12.4 Å². The highest BCUT2D eigenvalue weighted by Crippen LogP contribution is 2.02. The molecule has 0 atom stereocenters. The fraction of sp³-hybridized carbons (Fsp3) is 0. The van der Waals surface area contributed by atoms with Crippen molar-refractivity contribution in [1.82, 2.24) is 24.7 Å². The fourth-order valence-electron chi connectivity index (χ4n) is 0.814. The lowest BCUT2D eigenvalue weighted by Gasteiger charge is -1.97. The van der Waals surface area contributed by atoms with Gasteiger partial charge in [0.1, 0.15) is 6.33 Å². The first-order valence-corrected chi connectivity index (χ1v) is 3.31. The quantitative estimate of drug-likeness (QED) is 0.619. The van der Waals surface area contributed by atoms with Gasteiger partial charge in [-0.2, -0.15) is 0 Å². The van der Waals surface area contributed by atoms with Crippen LogP contribution in [0, 0.1) is 0 Å². The Morgan fingerprint density at radius 1 is 1.25 bits per heavy atom. The van der Waals surface area contributed by atoms with Crippen LogP contribution >= 0.6 is 0 Å². The topological polar surface area (TPSA) is 82.5 Å². The number of nitrogen functional groups attached to an aromatic ring is 1. The summed E-state index contributed by atoms with van der Waals surface area (Å²) in [6, 6.07) is 1.73. The van der Waals surface area contributed by atoms with Gasteiger partial charge in [0.15, 0.2) is 0 Å². The number of anilines is 1. The summed E-state index contributed by atoms with van der Waals surface area (Å²) in [7, 11) is 0. The molecule has 2 rings (SSSR count). The van der Waals surface area contributed by atoms with Crippen LogP contribution in [0.4, 0.5) is 5.95 Å². The van der Waals surface area contributed by atoms with Crippen LogP contribution in [-0.2, 0) is 0 Å². The van der Waals surface area contributed by atoms with Gasteiger partial charge in [0.25, 0.3) is 0 Å². The van der Waals surface area contributed by atoms with E-state index < -0.39 is 0 Å². The van der Waals surface area contributed by atoms with Gasteiger partial charge >= 0.3 is 0 Å². The third-order valence-corrected chi connectivity index (χ3v) is 1.34. The summed E-state index contributed by atoms with van der Waals surface area (Å²) in [5.41, 5.74) is 5.48. The molecule has 0 unspecified atom stereocenters.